The number of halogens is 3. The zero-order chi connectivity index (χ0) is 18.8. The van der Waals surface area contributed by atoms with Gasteiger partial charge in [-0.1, -0.05) is 12.1 Å². The normalized spacial score (nSPS) is 18.3. The third-order valence-electron chi connectivity index (χ3n) is 3.96. The van der Waals surface area contributed by atoms with Crippen molar-refractivity contribution in [2.24, 2.45) is 0 Å². The first-order valence-corrected chi connectivity index (χ1v) is 8.17. The van der Waals surface area contributed by atoms with E-state index in [2.05, 4.69) is 0 Å². The molecule has 7 heteroatoms. The lowest BCUT2D eigenvalue weighted by Crippen LogP contribution is -2.40. The zero-order valence-corrected chi connectivity index (χ0v) is 14.5. The van der Waals surface area contributed by atoms with Crippen molar-refractivity contribution in [3.63, 3.8) is 0 Å². The van der Waals surface area contributed by atoms with Gasteiger partial charge in [0.05, 0.1) is 5.56 Å². The van der Waals surface area contributed by atoms with Crippen molar-refractivity contribution in [1.82, 2.24) is 4.90 Å². The van der Waals surface area contributed by atoms with E-state index in [0.29, 0.717) is 13.0 Å². The van der Waals surface area contributed by atoms with Gasteiger partial charge in [-0.2, -0.15) is 13.2 Å². The van der Waals surface area contributed by atoms with Gasteiger partial charge >= 0.3 is 12.3 Å². The molecule has 1 amide bonds. The van der Waals surface area contributed by atoms with Crippen LogP contribution in [0.5, 0.6) is 0 Å². The molecule has 1 fully saturated rings. The largest absolute Gasteiger partial charge is 0.444 e. The first kappa shape index (κ1) is 19.3. The number of amides is 1. The second kappa shape index (κ2) is 7.06. The van der Waals surface area contributed by atoms with Crippen molar-refractivity contribution in [3.8, 4) is 0 Å². The van der Waals surface area contributed by atoms with Gasteiger partial charge in [0.2, 0.25) is 0 Å². The molecule has 0 saturated carbocycles. The molecule has 1 atom stereocenters. The molecule has 4 nitrogen and oxygen atoms in total. The predicted octanol–water partition coefficient (Wildman–Crippen LogP) is 4.68. The van der Waals surface area contributed by atoms with Crippen molar-refractivity contribution >= 4 is 11.9 Å². The maximum atomic E-state index is 12.6. The van der Waals surface area contributed by atoms with E-state index in [-0.39, 0.29) is 23.8 Å². The van der Waals surface area contributed by atoms with E-state index >= 15 is 0 Å². The average Bonchev–Trinajstić information content (AvgIpc) is 2.93. The highest BCUT2D eigenvalue weighted by Crippen LogP contribution is 2.30. The van der Waals surface area contributed by atoms with Gasteiger partial charge in [-0.25, -0.2) is 4.79 Å². The van der Waals surface area contributed by atoms with E-state index in [4.69, 9.17) is 4.74 Å². The first-order valence-electron chi connectivity index (χ1n) is 8.17. The standard InChI is InChI=1S/C18H22F3NO3/c1-17(2,3)25-16(24)22-10-4-5-14(22)11-15(23)12-6-8-13(9-7-12)18(19,20)21/h6-9,14H,4-5,10-11H2,1-3H3. The number of benzene rings is 1. The van der Waals surface area contributed by atoms with Crippen LogP contribution in [0.3, 0.4) is 0 Å². The topological polar surface area (TPSA) is 46.6 Å². The van der Waals surface area contributed by atoms with Crippen LogP contribution < -0.4 is 0 Å². The lowest BCUT2D eigenvalue weighted by molar-refractivity contribution is -0.137. The fraction of sp³-hybridized carbons (Fsp3) is 0.556. The molecular formula is C18H22F3NO3. The third kappa shape index (κ3) is 5.21. The van der Waals surface area contributed by atoms with E-state index in [1.807, 2.05) is 0 Å². The maximum absolute atomic E-state index is 12.6. The van der Waals surface area contributed by atoms with E-state index in [1.165, 1.54) is 17.0 Å². The lowest BCUT2D eigenvalue weighted by Gasteiger charge is -2.28. The van der Waals surface area contributed by atoms with Gasteiger partial charge in [-0.05, 0) is 45.7 Å². The summed E-state index contributed by atoms with van der Waals surface area (Å²) in [5, 5.41) is 0. The molecule has 1 aromatic rings. The van der Waals surface area contributed by atoms with Crippen LogP contribution in [0.15, 0.2) is 24.3 Å². The van der Waals surface area contributed by atoms with Crippen LogP contribution >= 0.6 is 0 Å². The molecule has 1 heterocycles. The van der Waals surface area contributed by atoms with E-state index in [9.17, 15) is 22.8 Å². The van der Waals surface area contributed by atoms with E-state index in [1.54, 1.807) is 20.8 Å². The van der Waals surface area contributed by atoms with Gasteiger partial charge in [-0.3, -0.25) is 4.79 Å². The summed E-state index contributed by atoms with van der Waals surface area (Å²) in [6, 6.07) is 3.86. The van der Waals surface area contributed by atoms with Gasteiger partial charge in [0, 0.05) is 24.6 Å². The van der Waals surface area contributed by atoms with Gasteiger partial charge < -0.3 is 9.64 Å². The molecule has 25 heavy (non-hydrogen) atoms. The fourth-order valence-electron chi connectivity index (χ4n) is 2.79. The molecule has 1 aliphatic heterocycles. The molecule has 0 radical (unpaired) electrons. The minimum atomic E-state index is -4.43. The van der Waals surface area contributed by atoms with E-state index < -0.39 is 23.4 Å². The van der Waals surface area contributed by atoms with Gasteiger partial charge in [0.15, 0.2) is 5.78 Å². The van der Waals surface area contributed by atoms with Crippen LogP contribution in [0.1, 0.15) is 56.0 Å². The number of carbonyl (C=O) groups excluding carboxylic acids is 2. The van der Waals surface area contributed by atoms with Crippen LogP contribution in [0.2, 0.25) is 0 Å². The zero-order valence-electron chi connectivity index (χ0n) is 14.5. The molecule has 0 aromatic heterocycles. The summed E-state index contributed by atoms with van der Waals surface area (Å²) in [5.41, 5.74) is -1.20. The highest BCUT2D eigenvalue weighted by molar-refractivity contribution is 5.96. The van der Waals surface area contributed by atoms with Crippen LogP contribution in [0.4, 0.5) is 18.0 Å². The molecule has 138 valence electrons. The van der Waals surface area contributed by atoms with Crippen LogP contribution in [0.25, 0.3) is 0 Å². The number of ketones is 1. The Kier molecular flexibility index (Phi) is 5.44. The van der Waals surface area contributed by atoms with Crippen molar-refractivity contribution in [2.75, 3.05) is 6.54 Å². The SMILES string of the molecule is CC(C)(C)OC(=O)N1CCCC1CC(=O)c1ccc(C(F)(F)F)cc1. The minimum absolute atomic E-state index is 0.0740. The number of alkyl halides is 3. The minimum Gasteiger partial charge on any atom is -0.444 e. The Labute approximate surface area is 144 Å². The number of Topliss-reactive ketones (excluding diaryl/α,β-unsaturated/α-hetero) is 1. The predicted molar refractivity (Wildman–Crippen MR) is 86.4 cm³/mol. The molecule has 0 bridgehead atoms. The molecule has 1 aromatic carbocycles. The second-order valence-corrected chi connectivity index (χ2v) is 7.17. The molecule has 1 aliphatic rings. The number of hydrogen-bond acceptors (Lipinski definition) is 3. The van der Waals surface area contributed by atoms with Crippen LogP contribution in [-0.2, 0) is 10.9 Å². The summed E-state index contributed by atoms with van der Waals surface area (Å²) in [6.07, 6.45) is -3.38. The molecule has 1 unspecified atom stereocenters. The number of likely N-dealkylation sites (tertiary alicyclic amines) is 1. The van der Waals surface area contributed by atoms with E-state index in [0.717, 1.165) is 18.6 Å². The summed E-state index contributed by atoms with van der Waals surface area (Å²) >= 11 is 0. The first-order chi connectivity index (χ1) is 11.5. The van der Waals surface area contributed by atoms with Crippen LogP contribution in [-0.4, -0.2) is 35.0 Å². The van der Waals surface area contributed by atoms with Crippen molar-refractivity contribution in [3.05, 3.63) is 35.4 Å². The quantitative estimate of drug-likeness (QED) is 0.738. The summed E-state index contributed by atoms with van der Waals surface area (Å²) in [6.45, 7) is 5.82. The average molecular weight is 357 g/mol. The smallest absolute Gasteiger partial charge is 0.416 e. The summed E-state index contributed by atoms with van der Waals surface area (Å²) in [7, 11) is 0. The maximum Gasteiger partial charge on any atom is 0.416 e. The monoisotopic (exact) mass is 357 g/mol. The van der Waals surface area contributed by atoms with Crippen molar-refractivity contribution in [2.45, 2.75) is 57.9 Å². The molecule has 2 rings (SSSR count). The second-order valence-electron chi connectivity index (χ2n) is 7.17. The Balaban J connectivity index is 2.03. The molecule has 0 spiro atoms. The fourth-order valence-corrected chi connectivity index (χ4v) is 2.79. The van der Waals surface area contributed by atoms with Crippen molar-refractivity contribution < 1.29 is 27.5 Å². The molecule has 1 saturated heterocycles. The third-order valence-corrected chi connectivity index (χ3v) is 3.96. The van der Waals surface area contributed by atoms with Gasteiger partial charge in [0.1, 0.15) is 5.60 Å². The van der Waals surface area contributed by atoms with Crippen LogP contribution in [0, 0.1) is 0 Å². The Bertz CT molecular complexity index is 632. The summed E-state index contributed by atoms with van der Waals surface area (Å²) in [5.74, 6) is -0.283. The highest BCUT2D eigenvalue weighted by atomic mass is 19.4. The number of hydrogen-bond donors (Lipinski definition) is 0. The Hall–Kier alpha value is -2.05. The van der Waals surface area contributed by atoms with Gasteiger partial charge in [0.25, 0.3) is 0 Å². The lowest BCUT2D eigenvalue weighted by atomic mass is 10.0. The number of carbonyl (C=O) groups is 2. The molecule has 0 aliphatic carbocycles. The van der Waals surface area contributed by atoms with Gasteiger partial charge in [-0.15, -0.1) is 0 Å². The Morgan fingerprint density at radius 1 is 1.16 bits per heavy atom. The number of ether oxygens (including phenoxy) is 1. The highest BCUT2D eigenvalue weighted by Gasteiger charge is 2.34. The Morgan fingerprint density at radius 2 is 1.76 bits per heavy atom. The Morgan fingerprint density at radius 3 is 2.28 bits per heavy atom. The number of nitrogens with zero attached hydrogens (tertiary/aromatic N) is 1. The summed E-state index contributed by atoms with van der Waals surface area (Å²) < 4.78 is 43.1. The molecule has 0 N–H and O–H groups in total. The summed E-state index contributed by atoms with van der Waals surface area (Å²) in [4.78, 5) is 26.1. The number of rotatable bonds is 3. The molecular weight excluding hydrogens is 335 g/mol. The van der Waals surface area contributed by atoms with Crippen molar-refractivity contribution in [1.29, 1.82) is 0 Å².